The lowest BCUT2D eigenvalue weighted by molar-refractivity contribution is -0.120. The number of anilines is 2. The van der Waals surface area contributed by atoms with Crippen molar-refractivity contribution in [1.82, 2.24) is 0 Å². The van der Waals surface area contributed by atoms with E-state index in [0.29, 0.717) is 23.5 Å². The van der Waals surface area contributed by atoms with Crippen molar-refractivity contribution in [1.29, 1.82) is 0 Å². The van der Waals surface area contributed by atoms with Crippen LogP contribution in [0.1, 0.15) is 35.7 Å². The van der Waals surface area contributed by atoms with E-state index >= 15 is 0 Å². The first-order valence-electron chi connectivity index (χ1n) is 11.6. The van der Waals surface area contributed by atoms with E-state index in [9.17, 15) is 19.5 Å². The molecule has 0 radical (unpaired) electrons. The van der Waals surface area contributed by atoms with E-state index < -0.39 is 17.8 Å². The summed E-state index contributed by atoms with van der Waals surface area (Å²) in [5.74, 6) is -1.43. The minimum atomic E-state index is -0.531. The van der Waals surface area contributed by atoms with Gasteiger partial charge in [0, 0.05) is 16.6 Å². The van der Waals surface area contributed by atoms with Crippen LogP contribution >= 0.6 is 11.8 Å². The molecule has 8 heteroatoms. The van der Waals surface area contributed by atoms with Gasteiger partial charge >= 0.3 is 5.97 Å². The molecule has 7 nitrogen and oxygen atoms in total. The molecule has 0 atom stereocenters. The normalized spacial score (nSPS) is 13.3. The van der Waals surface area contributed by atoms with Crippen molar-refractivity contribution >= 4 is 40.9 Å². The van der Waals surface area contributed by atoms with Gasteiger partial charge in [-0.3, -0.25) is 9.59 Å². The lowest BCUT2D eigenvalue weighted by Gasteiger charge is -2.16. The highest BCUT2D eigenvalue weighted by Crippen LogP contribution is 2.38. The number of phenols is 1. The first-order chi connectivity index (χ1) is 17.4. The number of carbonyl (C=O) groups is 3. The molecule has 2 N–H and O–H groups in total. The number of aryl methyl sites for hydroxylation is 1. The molecule has 0 aliphatic carbocycles. The van der Waals surface area contributed by atoms with E-state index in [2.05, 4.69) is 5.32 Å². The predicted molar refractivity (Wildman–Crippen MR) is 140 cm³/mol. The van der Waals surface area contributed by atoms with Gasteiger partial charge in [-0.05, 0) is 61.9 Å². The van der Waals surface area contributed by atoms with Gasteiger partial charge in [-0.1, -0.05) is 48.9 Å². The average Bonchev–Trinajstić information content (AvgIpc) is 3.09. The fourth-order valence-electron chi connectivity index (χ4n) is 3.54. The third-order valence-electron chi connectivity index (χ3n) is 5.49. The van der Waals surface area contributed by atoms with Crippen LogP contribution in [0.25, 0.3) is 0 Å². The lowest BCUT2D eigenvalue weighted by atomic mass is 10.2. The molecule has 0 bridgehead atoms. The Labute approximate surface area is 213 Å². The fourth-order valence-corrected chi connectivity index (χ4v) is 4.47. The number of rotatable bonds is 9. The number of nitrogens with one attached hydrogen (secondary N) is 1. The quantitative estimate of drug-likeness (QED) is 0.222. The smallest absolute Gasteiger partial charge is 0.338 e. The van der Waals surface area contributed by atoms with E-state index in [1.807, 2.05) is 38.1 Å². The molecular weight excluding hydrogens is 476 g/mol. The van der Waals surface area contributed by atoms with E-state index in [0.717, 1.165) is 28.2 Å². The highest BCUT2D eigenvalue weighted by molar-refractivity contribution is 8.04. The summed E-state index contributed by atoms with van der Waals surface area (Å²) < 4.78 is 5.23. The number of phenolic OH excluding ortho intramolecular Hbond substituents is 1. The molecule has 1 aliphatic rings. The number of hydrogen-bond acceptors (Lipinski definition) is 7. The number of unbranched alkanes of at least 4 members (excludes halogenated alkanes) is 1. The molecule has 4 rings (SSSR count). The number of amides is 2. The second kappa shape index (κ2) is 11.1. The zero-order valence-electron chi connectivity index (χ0n) is 20.0. The topological polar surface area (TPSA) is 95.9 Å². The summed E-state index contributed by atoms with van der Waals surface area (Å²) in [6.45, 7) is 4.32. The Balaban J connectivity index is 1.63. The third-order valence-corrected chi connectivity index (χ3v) is 6.58. The minimum Gasteiger partial charge on any atom is -0.508 e. The van der Waals surface area contributed by atoms with Gasteiger partial charge in [0.2, 0.25) is 0 Å². The molecule has 0 fully saturated rings. The SMILES string of the molecule is CCCCOC(=O)c1ccc(N2C(=O)C(Nc3cccc(O)c3)=C(Sc3ccc(C)cc3)C2=O)cc1. The number of ether oxygens (including phenoxy) is 1. The molecule has 36 heavy (non-hydrogen) atoms. The molecule has 0 saturated carbocycles. The van der Waals surface area contributed by atoms with Crippen LogP contribution in [0.3, 0.4) is 0 Å². The first-order valence-corrected chi connectivity index (χ1v) is 12.4. The van der Waals surface area contributed by atoms with Crippen LogP contribution in [-0.4, -0.2) is 29.5 Å². The van der Waals surface area contributed by atoms with Crippen molar-refractivity contribution in [2.75, 3.05) is 16.8 Å². The summed E-state index contributed by atoms with van der Waals surface area (Å²) >= 11 is 1.19. The van der Waals surface area contributed by atoms with Crippen LogP contribution in [0.15, 0.2) is 88.3 Å². The van der Waals surface area contributed by atoms with Crippen LogP contribution < -0.4 is 10.2 Å². The van der Waals surface area contributed by atoms with Crippen molar-refractivity contribution in [2.24, 2.45) is 0 Å². The van der Waals surface area contributed by atoms with Crippen molar-refractivity contribution < 1.29 is 24.2 Å². The zero-order valence-corrected chi connectivity index (χ0v) is 20.8. The van der Waals surface area contributed by atoms with Crippen LogP contribution in [-0.2, 0) is 14.3 Å². The second-order valence-corrected chi connectivity index (χ2v) is 9.36. The average molecular weight is 503 g/mol. The molecule has 0 spiro atoms. The summed E-state index contributed by atoms with van der Waals surface area (Å²) in [7, 11) is 0. The largest absolute Gasteiger partial charge is 0.508 e. The van der Waals surface area contributed by atoms with E-state index in [4.69, 9.17) is 4.74 Å². The summed E-state index contributed by atoms with van der Waals surface area (Å²) in [6.07, 6.45) is 1.70. The van der Waals surface area contributed by atoms with Crippen molar-refractivity contribution in [3.05, 3.63) is 94.5 Å². The molecule has 1 heterocycles. The van der Waals surface area contributed by atoms with Gasteiger partial charge in [0.25, 0.3) is 11.8 Å². The van der Waals surface area contributed by atoms with Crippen LogP contribution in [0.4, 0.5) is 11.4 Å². The summed E-state index contributed by atoms with van der Waals surface area (Å²) in [5, 5.41) is 12.9. The molecule has 3 aromatic carbocycles. The fraction of sp³-hybridized carbons (Fsp3) is 0.179. The van der Waals surface area contributed by atoms with Gasteiger partial charge in [-0.15, -0.1) is 0 Å². The molecule has 2 amide bonds. The Morgan fingerprint density at radius 1 is 1.00 bits per heavy atom. The predicted octanol–water partition coefficient (Wildman–Crippen LogP) is 5.65. The maximum absolute atomic E-state index is 13.5. The molecule has 1 aliphatic heterocycles. The van der Waals surface area contributed by atoms with Gasteiger partial charge in [0.1, 0.15) is 16.4 Å². The minimum absolute atomic E-state index is 0.0309. The molecule has 3 aromatic rings. The van der Waals surface area contributed by atoms with Gasteiger partial charge in [0.15, 0.2) is 0 Å². The van der Waals surface area contributed by atoms with Gasteiger partial charge < -0.3 is 15.2 Å². The van der Waals surface area contributed by atoms with E-state index in [1.165, 1.54) is 36.0 Å². The van der Waals surface area contributed by atoms with Gasteiger partial charge in [0.05, 0.1) is 17.9 Å². The number of aromatic hydroxyl groups is 1. The number of carbonyl (C=O) groups excluding carboxylic acids is 3. The Morgan fingerprint density at radius 3 is 2.39 bits per heavy atom. The third kappa shape index (κ3) is 5.60. The monoisotopic (exact) mass is 502 g/mol. The second-order valence-electron chi connectivity index (χ2n) is 8.28. The molecule has 0 aromatic heterocycles. The van der Waals surface area contributed by atoms with Crippen LogP contribution in [0, 0.1) is 6.92 Å². The molecule has 184 valence electrons. The maximum atomic E-state index is 13.5. The molecular formula is C28H26N2O5S. The highest BCUT2D eigenvalue weighted by atomic mass is 32.2. The standard InChI is InChI=1S/C28H26N2O5S/c1-3-4-16-35-28(34)19-10-12-21(13-11-19)30-26(32)24(29-20-6-5-7-22(31)17-20)25(27(30)33)36-23-14-8-18(2)9-15-23/h5-15,17,29,31H,3-4,16H2,1-2H3. The summed E-state index contributed by atoms with van der Waals surface area (Å²) in [6, 6.07) is 20.2. The highest BCUT2D eigenvalue weighted by Gasteiger charge is 2.40. The summed E-state index contributed by atoms with van der Waals surface area (Å²) in [4.78, 5) is 41.3. The van der Waals surface area contributed by atoms with Crippen molar-refractivity contribution in [3.63, 3.8) is 0 Å². The first kappa shape index (κ1) is 25.1. The number of thioether (sulfide) groups is 1. The maximum Gasteiger partial charge on any atom is 0.338 e. The van der Waals surface area contributed by atoms with Crippen molar-refractivity contribution in [3.8, 4) is 5.75 Å². The van der Waals surface area contributed by atoms with E-state index in [-0.39, 0.29) is 16.4 Å². The number of imide groups is 1. The van der Waals surface area contributed by atoms with Gasteiger partial charge in [-0.25, -0.2) is 9.69 Å². The van der Waals surface area contributed by atoms with Gasteiger partial charge in [-0.2, -0.15) is 0 Å². The number of nitrogens with zero attached hydrogens (tertiary/aromatic N) is 1. The Morgan fingerprint density at radius 2 is 1.72 bits per heavy atom. The number of hydrogen-bond donors (Lipinski definition) is 2. The Kier molecular flexibility index (Phi) is 7.75. The molecule has 0 saturated heterocycles. The number of benzene rings is 3. The Hall–Kier alpha value is -4.04. The lowest BCUT2D eigenvalue weighted by Crippen LogP contribution is -2.32. The summed E-state index contributed by atoms with van der Waals surface area (Å²) in [5.41, 5.74) is 2.34. The Bertz CT molecular complexity index is 1320. The van der Waals surface area contributed by atoms with Crippen LogP contribution in [0.5, 0.6) is 5.75 Å². The van der Waals surface area contributed by atoms with Crippen molar-refractivity contribution in [2.45, 2.75) is 31.6 Å². The van der Waals surface area contributed by atoms with E-state index in [1.54, 1.807) is 24.3 Å². The molecule has 0 unspecified atom stereocenters. The van der Waals surface area contributed by atoms with Crippen LogP contribution in [0.2, 0.25) is 0 Å². The zero-order chi connectivity index (χ0) is 25.7. The number of esters is 1.